The van der Waals surface area contributed by atoms with Crippen molar-refractivity contribution in [2.45, 2.75) is 59.3 Å². The van der Waals surface area contributed by atoms with Crippen molar-refractivity contribution in [3.05, 3.63) is 41.1 Å². The van der Waals surface area contributed by atoms with Crippen LogP contribution in [-0.4, -0.2) is 12.6 Å². The van der Waals surface area contributed by atoms with Crippen LogP contribution >= 0.6 is 0 Å². The lowest BCUT2D eigenvalue weighted by Gasteiger charge is -2.19. The third-order valence-corrected chi connectivity index (χ3v) is 4.71. The Bertz CT molecular complexity index is 592. The normalized spacial score (nSPS) is 18.0. The highest BCUT2D eigenvalue weighted by Gasteiger charge is 2.16. The molecule has 0 saturated heterocycles. The van der Waals surface area contributed by atoms with E-state index < -0.39 is 0 Å². The SMILES string of the molecule is CCC(CCC(C)C)CN=C=NC1=Cc2ccccc2C(C)C1. The summed E-state index contributed by atoms with van der Waals surface area (Å²) in [4.78, 5) is 8.92. The molecule has 0 fully saturated rings. The highest BCUT2D eigenvalue weighted by atomic mass is 14.8. The van der Waals surface area contributed by atoms with E-state index in [2.05, 4.69) is 74.0 Å². The van der Waals surface area contributed by atoms with E-state index in [-0.39, 0.29) is 0 Å². The molecule has 1 aliphatic carbocycles. The van der Waals surface area contributed by atoms with Crippen LogP contribution in [0.5, 0.6) is 0 Å². The summed E-state index contributed by atoms with van der Waals surface area (Å²) >= 11 is 0. The molecule has 124 valence electrons. The Morgan fingerprint density at radius 1 is 1.22 bits per heavy atom. The van der Waals surface area contributed by atoms with Crippen molar-refractivity contribution in [2.75, 3.05) is 6.54 Å². The second-order valence-electron chi connectivity index (χ2n) is 7.17. The summed E-state index contributed by atoms with van der Waals surface area (Å²) < 4.78 is 0. The van der Waals surface area contributed by atoms with Crippen molar-refractivity contribution in [2.24, 2.45) is 21.8 Å². The zero-order valence-corrected chi connectivity index (χ0v) is 15.0. The molecular weight excluding hydrogens is 280 g/mol. The molecule has 0 aromatic heterocycles. The number of fused-ring (bicyclic) bond motifs is 1. The average molecular weight is 310 g/mol. The first kappa shape index (κ1) is 17.7. The zero-order chi connectivity index (χ0) is 16.7. The fraction of sp³-hybridized carbons (Fsp3) is 0.571. The van der Waals surface area contributed by atoms with Gasteiger partial charge in [0.25, 0.3) is 0 Å². The van der Waals surface area contributed by atoms with E-state index in [0.717, 1.165) is 24.6 Å². The number of hydrogen-bond acceptors (Lipinski definition) is 2. The molecule has 0 radical (unpaired) electrons. The molecule has 0 spiro atoms. The summed E-state index contributed by atoms with van der Waals surface area (Å²) in [6.07, 6.45) is 6.88. The monoisotopic (exact) mass is 310 g/mol. The van der Waals surface area contributed by atoms with Gasteiger partial charge in [0, 0.05) is 0 Å². The predicted octanol–water partition coefficient (Wildman–Crippen LogP) is 6.17. The fourth-order valence-corrected chi connectivity index (χ4v) is 3.09. The van der Waals surface area contributed by atoms with Crippen LogP contribution < -0.4 is 0 Å². The number of rotatable bonds is 7. The number of allylic oxidation sites excluding steroid dienone is 1. The molecule has 2 rings (SSSR count). The Kier molecular flexibility index (Phi) is 6.80. The Hall–Kier alpha value is -1.66. The Labute approximate surface area is 141 Å². The van der Waals surface area contributed by atoms with Crippen LogP contribution in [-0.2, 0) is 0 Å². The molecule has 0 bridgehead atoms. The van der Waals surface area contributed by atoms with Crippen LogP contribution in [0.25, 0.3) is 6.08 Å². The average Bonchev–Trinajstić information content (AvgIpc) is 2.54. The van der Waals surface area contributed by atoms with Crippen LogP contribution in [0.4, 0.5) is 0 Å². The van der Waals surface area contributed by atoms with Gasteiger partial charge < -0.3 is 0 Å². The highest BCUT2D eigenvalue weighted by Crippen LogP contribution is 2.33. The van der Waals surface area contributed by atoms with Gasteiger partial charge in [-0.2, -0.15) is 4.99 Å². The van der Waals surface area contributed by atoms with Gasteiger partial charge in [-0.3, -0.25) is 0 Å². The smallest absolute Gasteiger partial charge is 0.0945 e. The second kappa shape index (κ2) is 8.84. The third kappa shape index (κ3) is 5.48. The second-order valence-corrected chi connectivity index (χ2v) is 7.17. The molecule has 1 aliphatic rings. The van der Waals surface area contributed by atoms with E-state index in [1.165, 1.54) is 30.4 Å². The van der Waals surface area contributed by atoms with Crippen molar-refractivity contribution in [3.63, 3.8) is 0 Å². The van der Waals surface area contributed by atoms with Crippen molar-refractivity contribution >= 4 is 12.1 Å². The summed E-state index contributed by atoms with van der Waals surface area (Å²) in [7, 11) is 0. The molecule has 2 nitrogen and oxygen atoms in total. The number of hydrogen-bond donors (Lipinski definition) is 0. The summed E-state index contributed by atoms with van der Waals surface area (Å²) in [5.41, 5.74) is 3.80. The lowest BCUT2D eigenvalue weighted by molar-refractivity contribution is 0.422. The van der Waals surface area contributed by atoms with Crippen molar-refractivity contribution in [1.29, 1.82) is 0 Å². The molecule has 1 aromatic rings. The zero-order valence-electron chi connectivity index (χ0n) is 15.0. The van der Waals surface area contributed by atoms with E-state index >= 15 is 0 Å². The largest absolute Gasteiger partial charge is 0.225 e. The lowest BCUT2D eigenvalue weighted by Crippen LogP contribution is -2.05. The first-order valence-electron chi connectivity index (χ1n) is 9.01. The molecule has 2 atom stereocenters. The topological polar surface area (TPSA) is 24.7 Å². The Morgan fingerprint density at radius 2 is 2.00 bits per heavy atom. The molecule has 0 amide bonds. The van der Waals surface area contributed by atoms with E-state index in [1.807, 2.05) is 0 Å². The summed E-state index contributed by atoms with van der Waals surface area (Å²) in [6, 6.07) is 11.5. The maximum Gasteiger partial charge on any atom is 0.0945 e. The van der Waals surface area contributed by atoms with E-state index in [1.54, 1.807) is 0 Å². The Balaban J connectivity index is 1.96. The number of aliphatic imine (C=N–C) groups is 2. The Morgan fingerprint density at radius 3 is 2.74 bits per heavy atom. The maximum atomic E-state index is 4.48. The van der Waals surface area contributed by atoms with Gasteiger partial charge in [-0.1, -0.05) is 64.8 Å². The molecule has 0 heterocycles. The maximum absolute atomic E-state index is 4.48. The van der Waals surface area contributed by atoms with Gasteiger partial charge in [0.2, 0.25) is 0 Å². The third-order valence-electron chi connectivity index (χ3n) is 4.71. The molecule has 1 aromatic carbocycles. The predicted molar refractivity (Wildman–Crippen MR) is 100 cm³/mol. The minimum atomic E-state index is 0.520. The van der Waals surface area contributed by atoms with Crippen molar-refractivity contribution in [1.82, 2.24) is 0 Å². The first-order valence-corrected chi connectivity index (χ1v) is 9.01. The summed E-state index contributed by atoms with van der Waals surface area (Å²) in [6.45, 7) is 9.93. The minimum absolute atomic E-state index is 0.520. The fourth-order valence-electron chi connectivity index (χ4n) is 3.09. The van der Waals surface area contributed by atoms with E-state index in [0.29, 0.717) is 11.8 Å². The van der Waals surface area contributed by atoms with Gasteiger partial charge in [0.1, 0.15) is 0 Å². The summed E-state index contributed by atoms with van der Waals surface area (Å²) in [5, 5.41) is 0. The van der Waals surface area contributed by atoms with Crippen LogP contribution in [0, 0.1) is 11.8 Å². The van der Waals surface area contributed by atoms with Crippen LogP contribution in [0.1, 0.15) is 70.4 Å². The number of nitrogens with zero attached hydrogens (tertiary/aromatic N) is 2. The van der Waals surface area contributed by atoms with E-state index in [9.17, 15) is 0 Å². The van der Waals surface area contributed by atoms with Gasteiger partial charge >= 0.3 is 0 Å². The van der Waals surface area contributed by atoms with E-state index in [4.69, 9.17) is 0 Å². The highest BCUT2D eigenvalue weighted by molar-refractivity contribution is 5.62. The van der Waals surface area contributed by atoms with Crippen molar-refractivity contribution < 1.29 is 0 Å². The van der Waals surface area contributed by atoms with Gasteiger partial charge in [-0.05, 0) is 47.8 Å². The molecule has 0 aliphatic heterocycles. The first-order chi connectivity index (χ1) is 11.1. The lowest BCUT2D eigenvalue weighted by atomic mass is 9.87. The van der Waals surface area contributed by atoms with Crippen molar-refractivity contribution in [3.8, 4) is 0 Å². The molecule has 0 N–H and O–H groups in total. The standard InChI is InChI=1S/C21H30N2/c1-5-18(11-10-16(2)3)14-22-15-23-20-12-17(4)21-9-7-6-8-19(21)13-20/h6-9,13,16-18H,5,10-12,14H2,1-4H3. The number of benzene rings is 1. The molecule has 23 heavy (non-hydrogen) atoms. The minimum Gasteiger partial charge on any atom is -0.225 e. The summed E-state index contributed by atoms with van der Waals surface area (Å²) in [5.74, 6) is 1.96. The van der Waals surface area contributed by atoms with Gasteiger partial charge in [0.05, 0.1) is 18.3 Å². The van der Waals surface area contributed by atoms with Gasteiger partial charge in [-0.25, -0.2) is 4.99 Å². The molecule has 2 unspecified atom stereocenters. The van der Waals surface area contributed by atoms with Crippen LogP contribution in [0.3, 0.4) is 0 Å². The van der Waals surface area contributed by atoms with Gasteiger partial charge in [-0.15, -0.1) is 0 Å². The van der Waals surface area contributed by atoms with Gasteiger partial charge in [0.15, 0.2) is 0 Å². The van der Waals surface area contributed by atoms with Crippen LogP contribution in [0.15, 0.2) is 39.9 Å². The molecule has 0 saturated carbocycles. The molecule has 2 heteroatoms. The van der Waals surface area contributed by atoms with Crippen LogP contribution in [0.2, 0.25) is 0 Å². The quantitative estimate of drug-likeness (QED) is 0.538. The molecular formula is C21H30N2.